The fraction of sp³-hybridized carbons (Fsp3) is 0.200. The molecule has 0 N–H and O–H groups in total. The minimum absolute atomic E-state index is 0.0797. The predicted octanol–water partition coefficient (Wildman–Crippen LogP) is 5.71. The first-order valence-electron chi connectivity index (χ1n) is 5.87. The van der Waals surface area contributed by atoms with Crippen molar-refractivity contribution < 1.29 is 9.47 Å². The molecule has 0 fully saturated rings. The maximum atomic E-state index is 5.35. The molecule has 0 spiro atoms. The quantitative estimate of drug-likeness (QED) is 0.539. The molecule has 0 amide bonds. The summed E-state index contributed by atoms with van der Waals surface area (Å²) < 4.78 is 12.7. The average molecular weight is 465 g/mol. The number of ether oxygens (including phenoxy) is 2. The van der Waals surface area contributed by atoms with Crippen molar-refractivity contribution in [3.63, 3.8) is 0 Å². The minimum atomic E-state index is 0.0797. The summed E-state index contributed by atoms with van der Waals surface area (Å²) in [5, 5.41) is 0. The van der Waals surface area contributed by atoms with Crippen molar-refractivity contribution in [2.75, 3.05) is 14.2 Å². The molecular weight excluding hydrogens is 452 g/mol. The normalized spacial score (nSPS) is 12.1. The van der Waals surface area contributed by atoms with Gasteiger partial charge in [0.25, 0.3) is 0 Å². The van der Waals surface area contributed by atoms with Crippen molar-refractivity contribution in [2.24, 2.45) is 0 Å². The van der Waals surface area contributed by atoms with E-state index in [9.17, 15) is 0 Å². The lowest BCUT2D eigenvalue weighted by Gasteiger charge is -2.15. The van der Waals surface area contributed by atoms with Gasteiger partial charge in [0.15, 0.2) is 11.5 Å². The van der Waals surface area contributed by atoms with E-state index in [4.69, 9.17) is 9.47 Å². The topological polar surface area (TPSA) is 18.5 Å². The van der Waals surface area contributed by atoms with Crippen molar-refractivity contribution in [3.05, 3.63) is 56.5 Å². The van der Waals surface area contributed by atoms with Gasteiger partial charge in [0.2, 0.25) is 0 Å². The van der Waals surface area contributed by atoms with Gasteiger partial charge in [0.05, 0.1) is 19.0 Å². The molecule has 0 radical (unpaired) electrons. The number of methoxy groups -OCH3 is 2. The van der Waals surface area contributed by atoms with Crippen LogP contribution in [0.2, 0.25) is 0 Å². The van der Waals surface area contributed by atoms with Crippen LogP contribution < -0.4 is 9.47 Å². The van der Waals surface area contributed by atoms with Crippen molar-refractivity contribution in [2.45, 2.75) is 4.83 Å². The van der Waals surface area contributed by atoms with Crippen LogP contribution in [0.15, 0.2) is 45.3 Å². The Kier molecular flexibility index (Phi) is 5.52. The van der Waals surface area contributed by atoms with E-state index >= 15 is 0 Å². The van der Waals surface area contributed by atoms with Gasteiger partial charge in [-0.1, -0.05) is 53.9 Å². The van der Waals surface area contributed by atoms with Gasteiger partial charge in [0, 0.05) is 8.95 Å². The van der Waals surface area contributed by atoms with Gasteiger partial charge in [-0.25, -0.2) is 0 Å². The van der Waals surface area contributed by atoms with Gasteiger partial charge < -0.3 is 9.47 Å². The van der Waals surface area contributed by atoms with Gasteiger partial charge in [0.1, 0.15) is 0 Å². The standard InChI is InChI=1S/C15H13Br3O2/c1-19-13-4-3-9(7-14(13)20-2)15(18)10-5-11(16)8-12(17)6-10/h3-8,15H,1-2H3. The smallest absolute Gasteiger partial charge is 0.161 e. The molecule has 0 aromatic heterocycles. The van der Waals surface area contributed by atoms with Crippen LogP contribution in [0.4, 0.5) is 0 Å². The molecule has 0 aliphatic rings. The first kappa shape index (κ1) is 15.9. The van der Waals surface area contributed by atoms with Crippen molar-refractivity contribution in [3.8, 4) is 11.5 Å². The number of hydrogen-bond acceptors (Lipinski definition) is 2. The Hall–Kier alpha value is -0.520. The van der Waals surface area contributed by atoms with Crippen molar-refractivity contribution in [1.29, 1.82) is 0 Å². The second kappa shape index (κ2) is 6.96. The van der Waals surface area contributed by atoms with E-state index in [0.29, 0.717) is 0 Å². The summed E-state index contributed by atoms with van der Waals surface area (Å²) in [6.45, 7) is 0. The molecule has 5 heteroatoms. The molecule has 2 aromatic rings. The highest BCUT2D eigenvalue weighted by atomic mass is 79.9. The lowest BCUT2D eigenvalue weighted by Crippen LogP contribution is -1.96. The number of hydrogen-bond donors (Lipinski definition) is 0. The number of halogens is 3. The molecule has 0 aliphatic heterocycles. The maximum Gasteiger partial charge on any atom is 0.161 e. The number of alkyl halides is 1. The highest BCUT2D eigenvalue weighted by Gasteiger charge is 2.14. The monoisotopic (exact) mass is 462 g/mol. The zero-order chi connectivity index (χ0) is 14.7. The van der Waals surface area contributed by atoms with E-state index in [2.05, 4.69) is 59.9 Å². The third-order valence-corrected chi connectivity index (χ3v) is 4.85. The number of benzene rings is 2. The van der Waals surface area contributed by atoms with E-state index in [-0.39, 0.29) is 4.83 Å². The van der Waals surface area contributed by atoms with Crippen LogP contribution in [0.1, 0.15) is 16.0 Å². The van der Waals surface area contributed by atoms with Crippen molar-refractivity contribution in [1.82, 2.24) is 0 Å². The average Bonchev–Trinajstić information content (AvgIpc) is 2.44. The van der Waals surface area contributed by atoms with E-state index in [1.54, 1.807) is 14.2 Å². The Balaban J connectivity index is 2.39. The Bertz CT molecular complexity index is 594. The van der Waals surface area contributed by atoms with Crippen LogP contribution in [-0.2, 0) is 0 Å². The van der Waals surface area contributed by atoms with Gasteiger partial charge in [-0.2, -0.15) is 0 Å². The van der Waals surface area contributed by atoms with Gasteiger partial charge in [-0.15, -0.1) is 0 Å². The van der Waals surface area contributed by atoms with E-state index in [0.717, 1.165) is 31.6 Å². The highest BCUT2D eigenvalue weighted by molar-refractivity contribution is 9.11. The number of rotatable bonds is 4. The van der Waals surface area contributed by atoms with Gasteiger partial charge in [-0.05, 0) is 41.5 Å². The Morgan fingerprint density at radius 1 is 0.800 bits per heavy atom. The third kappa shape index (κ3) is 3.57. The van der Waals surface area contributed by atoms with Crippen molar-refractivity contribution >= 4 is 47.8 Å². The Labute approximate surface area is 143 Å². The zero-order valence-corrected chi connectivity index (χ0v) is 15.7. The first-order valence-corrected chi connectivity index (χ1v) is 8.37. The van der Waals surface area contributed by atoms with Crippen LogP contribution >= 0.6 is 47.8 Å². The summed E-state index contributed by atoms with van der Waals surface area (Å²) in [5.41, 5.74) is 2.26. The zero-order valence-electron chi connectivity index (χ0n) is 11.0. The molecule has 106 valence electrons. The summed E-state index contributed by atoms with van der Waals surface area (Å²) >= 11 is 10.8. The molecule has 2 aromatic carbocycles. The van der Waals surface area contributed by atoms with E-state index in [1.807, 2.05) is 24.3 Å². The molecular formula is C15H13Br3O2. The highest BCUT2D eigenvalue weighted by Crippen LogP contribution is 2.38. The second-order valence-electron chi connectivity index (χ2n) is 4.18. The van der Waals surface area contributed by atoms with Crippen LogP contribution in [0.5, 0.6) is 11.5 Å². The van der Waals surface area contributed by atoms with Gasteiger partial charge >= 0.3 is 0 Å². The molecule has 0 aliphatic carbocycles. The molecule has 20 heavy (non-hydrogen) atoms. The maximum absolute atomic E-state index is 5.35. The molecule has 1 atom stereocenters. The molecule has 2 rings (SSSR count). The van der Waals surface area contributed by atoms with Crippen LogP contribution in [-0.4, -0.2) is 14.2 Å². The summed E-state index contributed by atoms with van der Waals surface area (Å²) in [5.74, 6) is 1.45. The molecule has 0 heterocycles. The van der Waals surface area contributed by atoms with Crippen LogP contribution in [0.25, 0.3) is 0 Å². The molecule has 1 unspecified atom stereocenters. The molecule has 0 bridgehead atoms. The van der Waals surface area contributed by atoms with Gasteiger partial charge in [-0.3, -0.25) is 0 Å². The SMILES string of the molecule is COc1ccc(C(Br)c2cc(Br)cc(Br)c2)cc1OC. The van der Waals surface area contributed by atoms with E-state index in [1.165, 1.54) is 0 Å². The van der Waals surface area contributed by atoms with Crippen LogP contribution in [0.3, 0.4) is 0 Å². The fourth-order valence-electron chi connectivity index (χ4n) is 1.92. The summed E-state index contributed by atoms with van der Waals surface area (Å²) in [6, 6.07) is 12.1. The predicted molar refractivity (Wildman–Crippen MR) is 92.2 cm³/mol. The molecule has 0 saturated heterocycles. The fourth-order valence-corrected chi connectivity index (χ4v) is 3.80. The second-order valence-corrected chi connectivity index (χ2v) is 6.93. The Morgan fingerprint density at radius 3 is 1.95 bits per heavy atom. The third-order valence-electron chi connectivity index (χ3n) is 2.88. The molecule has 0 saturated carbocycles. The summed E-state index contributed by atoms with van der Waals surface area (Å²) in [4.78, 5) is 0.0797. The van der Waals surface area contributed by atoms with E-state index < -0.39 is 0 Å². The summed E-state index contributed by atoms with van der Waals surface area (Å²) in [6.07, 6.45) is 0. The largest absolute Gasteiger partial charge is 0.493 e. The first-order chi connectivity index (χ1) is 9.55. The Morgan fingerprint density at radius 2 is 1.40 bits per heavy atom. The molecule has 2 nitrogen and oxygen atoms in total. The van der Waals surface area contributed by atoms with Crippen LogP contribution in [0, 0.1) is 0 Å². The minimum Gasteiger partial charge on any atom is -0.493 e. The lowest BCUT2D eigenvalue weighted by molar-refractivity contribution is 0.354. The summed E-state index contributed by atoms with van der Waals surface area (Å²) in [7, 11) is 3.27. The lowest BCUT2D eigenvalue weighted by atomic mass is 10.0.